The minimum absolute atomic E-state index is 0.226. The number of methoxy groups -OCH3 is 1. The van der Waals surface area contributed by atoms with Crippen molar-refractivity contribution in [3.05, 3.63) is 119 Å². The summed E-state index contributed by atoms with van der Waals surface area (Å²) in [4.78, 5) is 7.84. The molecule has 5 nitrogen and oxygen atoms in total. The molecule has 0 unspecified atom stereocenters. The molecule has 2 atom stereocenters. The van der Waals surface area contributed by atoms with Gasteiger partial charge in [0, 0.05) is 24.8 Å². The number of aromatic nitrogens is 2. The molecule has 0 bridgehead atoms. The lowest BCUT2D eigenvalue weighted by Gasteiger charge is -2.47. The van der Waals surface area contributed by atoms with E-state index in [1.807, 2.05) is 18.3 Å². The van der Waals surface area contributed by atoms with Crippen molar-refractivity contribution in [2.45, 2.75) is 31.8 Å². The molecule has 1 aliphatic rings. The molecule has 3 aromatic carbocycles. The van der Waals surface area contributed by atoms with Crippen LogP contribution in [0.3, 0.4) is 0 Å². The monoisotopic (exact) mass is 463 g/mol. The molecule has 1 N–H and O–H groups in total. The first kappa shape index (κ1) is 22.9. The van der Waals surface area contributed by atoms with Gasteiger partial charge in [0.25, 0.3) is 0 Å². The van der Waals surface area contributed by atoms with E-state index in [0.29, 0.717) is 5.56 Å². The lowest BCUT2D eigenvalue weighted by Crippen LogP contribution is -2.55. The second-order valence-electron chi connectivity index (χ2n) is 9.48. The first-order valence-corrected chi connectivity index (χ1v) is 12.2. The molecule has 0 aliphatic carbocycles. The van der Waals surface area contributed by atoms with E-state index < -0.39 is 0 Å². The fraction of sp³-hybridized carbons (Fsp3) is 0.267. The Balaban J connectivity index is 1.53. The van der Waals surface area contributed by atoms with Crippen LogP contribution in [0.5, 0.6) is 5.75 Å². The number of nitrogens with zero attached hydrogens (tertiary/aromatic N) is 3. The van der Waals surface area contributed by atoms with Gasteiger partial charge in [-0.15, -0.1) is 0 Å². The van der Waals surface area contributed by atoms with Gasteiger partial charge in [0.15, 0.2) is 0 Å². The first-order valence-electron chi connectivity index (χ1n) is 12.2. The minimum Gasteiger partial charge on any atom is -0.497 e. The quantitative estimate of drug-likeness (QED) is 0.357. The molecule has 1 aliphatic heterocycles. The Hall–Kier alpha value is -3.88. The Morgan fingerprint density at radius 1 is 1.03 bits per heavy atom. The molecular weight excluding hydrogens is 432 g/mol. The van der Waals surface area contributed by atoms with E-state index >= 15 is 0 Å². The van der Waals surface area contributed by atoms with Crippen LogP contribution in [0.1, 0.15) is 39.6 Å². The average Bonchev–Trinajstić information content (AvgIpc) is 3.46. The van der Waals surface area contributed by atoms with E-state index in [1.165, 1.54) is 27.9 Å². The van der Waals surface area contributed by atoms with E-state index in [4.69, 9.17) is 4.74 Å². The molecule has 2 heterocycles. The third-order valence-corrected chi connectivity index (χ3v) is 7.47. The third kappa shape index (κ3) is 4.99. The van der Waals surface area contributed by atoms with Crippen LogP contribution in [0.25, 0.3) is 0 Å². The molecule has 0 amide bonds. The van der Waals surface area contributed by atoms with Gasteiger partial charge in [0.2, 0.25) is 0 Å². The molecule has 1 aromatic heterocycles. The van der Waals surface area contributed by atoms with E-state index in [2.05, 4.69) is 76.7 Å². The van der Waals surface area contributed by atoms with Crippen molar-refractivity contribution >= 4 is 0 Å². The standard InChI is InChI=1S/C30H31N4O/c1-35-28-12-11-27-21-34(16-14-26(27)18-28,15-13-23-5-3-2-4-6-23)30(29-20-32-22-33-29)17-24-7-9-25(19-31)10-8-24/h2-12,18,20,22,30H,13-17,21H2,1H3,(H,32,33)/q+1/t30-,34+/m0/s1. The van der Waals surface area contributed by atoms with Crippen molar-refractivity contribution < 1.29 is 9.22 Å². The summed E-state index contributed by atoms with van der Waals surface area (Å²) in [5.74, 6) is 0.927. The Bertz CT molecular complexity index is 1290. The van der Waals surface area contributed by atoms with Crippen molar-refractivity contribution in [1.82, 2.24) is 9.97 Å². The number of aromatic amines is 1. The molecule has 0 saturated heterocycles. The molecule has 176 valence electrons. The van der Waals surface area contributed by atoms with Gasteiger partial charge in [-0.3, -0.25) is 0 Å². The average molecular weight is 464 g/mol. The number of hydrogen-bond donors (Lipinski definition) is 1. The maximum absolute atomic E-state index is 9.24. The summed E-state index contributed by atoms with van der Waals surface area (Å²) < 4.78 is 6.46. The maximum atomic E-state index is 9.24. The molecule has 0 saturated carbocycles. The first-order chi connectivity index (χ1) is 17.2. The highest BCUT2D eigenvalue weighted by molar-refractivity contribution is 5.37. The number of fused-ring (bicyclic) bond motifs is 1. The minimum atomic E-state index is 0.226. The zero-order valence-electron chi connectivity index (χ0n) is 20.2. The van der Waals surface area contributed by atoms with Crippen LogP contribution in [0.4, 0.5) is 0 Å². The highest BCUT2D eigenvalue weighted by Gasteiger charge is 2.41. The number of nitriles is 1. The Labute approximate surface area is 207 Å². The van der Waals surface area contributed by atoms with Gasteiger partial charge in [-0.1, -0.05) is 42.5 Å². The number of rotatable bonds is 8. The molecule has 5 heteroatoms. The van der Waals surface area contributed by atoms with Crippen LogP contribution in [-0.4, -0.2) is 34.7 Å². The van der Waals surface area contributed by atoms with Crippen LogP contribution < -0.4 is 4.74 Å². The smallest absolute Gasteiger partial charge is 0.136 e. The zero-order chi connectivity index (χ0) is 24.1. The van der Waals surface area contributed by atoms with Crippen LogP contribution in [-0.2, 0) is 25.8 Å². The number of ether oxygens (including phenoxy) is 1. The van der Waals surface area contributed by atoms with Gasteiger partial charge in [-0.2, -0.15) is 5.26 Å². The number of quaternary nitrogens is 1. The SMILES string of the molecule is COc1ccc2c(c1)CC[N@@+](CCc1ccccc1)([C@@H](Cc1ccc(C#N)cc1)c1cnc[nH]1)C2. The second kappa shape index (κ2) is 10.2. The van der Waals surface area contributed by atoms with Gasteiger partial charge < -0.3 is 14.2 Å². The molecule has 0 fully saturated rings. The maximum Gasteiger partial charge on any atom is 0.136 e. The molecular formula is C30H31N4O+. The van der Waals surface area contributed by atoms with Crippen LogP contribution >= 0.6 is 0 Å². The summed E-state index contributed by atoms with van der Waals surface area (Å²) in [6.45, 7) is 3.05. The van der Waals surface area contributed by atoms with Crippen molar-refractivity contribution in [3.8, 4) is 11.8 Å². The number of benzene rings is 3. The summed E-state index contributed by atoms with van der Waals surface area (Å²) >= 11 is 0. The van der Waals surface area contributed by atoms with Crippen molar-refractivity contribution in [3.63, 3.8) is 0 Å². The van der Waals surface area contributed by atoms with Gasteiger partial charge in [-0.05, 0) is 47.0 Å². The van der Waals surface area contributed by atoms with E-state index in [-0.39, 0.29) is 6.04 Å². The fourth-order valence-corrected chi connectivity index (χ4v) is 5.47. The third-order valence-electron chi connectivity index (χ3n) is 7.47. The summed E-state index contributed by atoms with van der Waals surface area (Å²) in [6, 6.07) is 27.8. The Kier molecular flexibility index (Phi) is 6.65. The molecule has 0 radical (unpaired) electrons. The highest BCUT2D eigenvalue weighted by atomic mass is 16.5. The van der Waals surface area contributed by atoms with Gasteiger partial charge >= 0.3 is 0 Å². The van der Waals surface area contributed by atoms with Crippen LogP contribution in [0, 0.1) is 11.3 Å². The number of nitrogens with one attached hydrogen (secondary N) is 1. The highest BCUT2D eigenvalue weighted by Crippen LogP contribution is 2.38. The van der Waals surface area contributed by atoms with E-state index in [9.17, 15) is 5.26 Å². The predicted molar refractivity (Wildman–Crippen MR) is 137 cm³/mol. The predicted octanol–water partition coefficient (Wildman–Crippen LogP) is 5.39. The second-order valence-corrected chi connectivity index (χ2v) is 9.48. The van der Waals surface area contributed by atoms with Crippen LogP contribution in [0.2, 0.25) is 0 Å². The van der Waals surface area contributed by atoms with E-state index in [1.54, 1.807) is 13.4 Å². The van der Waals surface area contributed by atoms with Crippen molar-refractivity contribution in [2.75, 3.05) is 20.2 Å². The lowest BCUT2D eigenvalue weighted by atomic mass is 9.90. The van der Waals surface area contributed by atoms with Gasteiger partial charge in [-0.25, -0.2) is 4.98 Å². The Morgan fingerprint density at radius 2 is 1.86 bits per heavy atom. The molecule has 35 heavy (non-hydrogen) atoms. The number of H-pyrrole nitrogens is 1. The summed E-state index contributed by atoms with van der Waals surface area (Å²) in [6.07, 6.45) is 6.69. The number of hydrogen-bond acceptors (Lipinski definition) is 3. The van der Waals surface area contributed by atoms with Crippen molar-refractivity contribution in [1.29, 1.82) is 5.26 Å². The largest absolute Gasteiger partial charge is 0.497 e. The lowest BCUT2D eigenvalue weighted by molar-refractivity contribution is -0.971. The topological polar surface area (TPSA) is 61.7 Å². The fourth-order valence-electron chi connectivity index (χ4n) is 5.47. The zero-order valence-corrected chi connectivity index (χ0v) is 20.2. The summed E-state index contributed by atoms with van der Waals surface area (Å²) in [7, 11) is 1.73. The van der Waals surface area contributed by atoms with Gasteiger partial charge in [0.05, 0.1) is 50.1 Å². The normalized spacial score (nSPS) is 17.8. The molecule has 4 aromatic rings. The van der Waals surface area contributed by atoms with Crippen molar-refractivity contribution in [2.24, 2.45) is 0 Å². The molecule has 5 rings (SSSR count). The molecule has 0 spiro atoms. The summed E-state index contributed by atoms with van der Waals surface area (Å²) in [5.41, 5.74) is 7.25. The summed E-state index contributed by atoms with van der Waals surface area (Å²) in [5, 5.41) is 9.24. The van der Waals surface area contributed by atoms with E-state index in [0.717, 1.165) is 49.1 Å². The number of imidazole rings is 1. The Morgan fingerprint density at radius 3 is 2.57 bits per heavy atom. The van der Waals surface area contributed by atoms with Crippen LogP contribution in [0.15, 0.2) is 85.3 Å². The van der Waals surface area contributed by atoms with Gasteiger partial charge in [0.1, 0.15) is 18.3 Å².